The van der Waals surface area contributed by atoms with Crippen molar-refractivity contribution >= 4 is 11.8 Å². The zero-order chi connectivity index (χ0) is 17.1. The molecule has 1 aliphatic heterocycles. The Kier molecular flexibility index (Phi) is 4.89. The van der Waals surface area contributed by atoms with E-state index in [0.29, 0.717) is 5.82 Å². The van der Waals surface area contributed by atoms with Crippen LogP contribution in [0, 0.1) is 0 Å². The number of hydrogen-bond acceptors (Lipinski definition) is 3. The van der Waals surface area contributed by atoms with E-state index in [1.54, 1.807) is 0 Å². The molecule has 0 aliphatic carbocycles. The SMILES string of the molecule is CN(C)CCn1ccc(NC(=O)N2CCC[C@@H]2c2cccn2C)n1. The monoisotopic (exact) mass is 330 g/mol. The van der Waals surface area contributed by atoms with Gasteiger partial charge in [0.15, 0.2) is 5.82 Å². The van der Waals surface area contributed by atoms with E-state index in [2.05, 4.69) is 25.9 Å². The Morgan fingerprint density at radius 3 is 2.92 bits per heavy atom. The van der Waals surface area contributed by atoms with E-state index in [-0.39, 0.29) is 12.1 Å². The number of likely N-dealkylation sites (tertiary alicyclic amines) is 1. The predicted molar refractivity (Wildman–Crippen MR) is 93.9 cm³/mol. The molecule has 2 amide bonds. The highest BCUT2D eigenvalue weighted by atomic mass is 16.2. The van der Waals surface area contributed by atoms with Crippen LogP contribution in [0.25, 0.3) is 0 Å². The number of amides is 2. The lowest BCUT2D eigenvalue weighted by atomic mass is 10.1. The zero-order valence-electron chi connectivity index (χ0n) is 14.6. The molecule has 0 aromatic carbocycles. The molecule has 7 nitrogen and oxygen atoms in total. The fourth-order valence-corrected chi connectivity index (χ4v) is 3.17. The minimum atomic E-state index is -0.0726. The Morgan fingerprint density at radius 1 is 1.38 bits per heavy atom. The first-order chi connectivity index (χ1) is 11.5. The fraction of sp³-hybridized carbons (Fsp3) is 0.529. The Bertz CT molecular complexity index is 689. The van der Waals surface area contributed by atoms with Gasteiger partial charge in [-0.05, 0) is 39.1 Å². The van der Waals surface area contributed by atoms with Crippen molar-refractivity contribution in [3.63, 3.8) is 0 Å². The Labute approximate surface area is 142 Å². The van der Waals surface area contributed by atoms with Gasteiger partial charge in [0.25, 0.3) is 0 Å². The molecule has 0 bridgehead atoms. The van der Waals surface area contributed by atoms with Crippen LogP contribution in [0.4, 0.5) is 10.6 Å². The minimum Gasteiger partial charge on any atom is -0.353 e. The number of carbonyl (C=O) groups is 1. The summed E-state index contributed by atoms with van der Waals surface area (Å²) < 4.78 is 3.94. The van der Waals surface area contributed by atoms with Crippen molar-refractivity contribution in [3.8, 4) is 0 Å². The molecule has 2 aromatic heterocycles. The number of carbonyl (C=O) groups excluding carboxylic acids is 1. The number of rotatable bonds is 5. The Morgan fingerprint density at radius 2 is 2.21 bits per heavy atom. The smallest absolute Gasteiger partial charge is 0.323 e. The molecule has 0 saturated carbocycles. The molecule has 0 unspecified atom stereocenters. The van der Waals surface area contributed by atoms with E-state index >= 15 is 0 Å². The summed E-state index contributed by atoms with van der Waals surface area (Å²) in [6.45, 7) is 2.50. The third kappa shape index (κ3) is 3.62. The molecule has 1 saturated heterocycles. The van der Waals surface area contributed by atoms with E-state index in [1.807, 2.05) is 55.3 Å². The maximum absolute atomic E-state index is 12.7. The van der Waals surface area contributed by atoms with E-state index < -0.39 is 0 Å². The largest absolute Gasteiger partial charge is 0.353 e. The highest BCUT2D eigenvalue weighted by Gasteiger charge is 2.31. The average molecular weight is 330 g/mol. The average Bonchev–Trinajstić information content (AvgIpc) is 3.24. The van der Waals surface area contributed by atoms with Gasteiger partial charge in [-0.1, -0.05) is 0 Å². The molecule has 3 heterocycles. The third-order valence-electron chi connectivity index (χ3n) is 4.49. The van der Waals surface area contributed by atoms with E-state index in [1.165, 1.54) is 5.69 Å². The number of nitrogens with zero attached hydrogens (tertiary/aromatic N) is 5. The highest BCUT2D eigenvalue weighted by Crippen LogP contribution is 2.32. The first-order valence-corrected chi connectivity index (χ1v) is 8.41. The summed E-state index contributed by atoms with van der Waals surface area (Å²) in [6.07, 6.45) is 5.96. The van der Waals surface area contributed by atoms with E-state index in [4.69, 9.17) is 0 Å². The third-order valence-corrected chi connectivity index (χ3v) is 4.49. The quantitative estimate of drug-likeness (QED) is 0.914. The highest BCUT2D eigenvalue weighted by molar-refractivity contribution is 5.88. The number of aryl methyl sites for hydroxylation is 1. The van der Waals surface area contributed by atoms with Crippen molar-refractivity contribution in [1.29, 1.82) is 0 Å². The van der Waals surface area contributed by atoms with E-state index in [0.717, 1.165) is 32.5 Å². The van der Waals surface area contributed by atoms with Crippen molar-refractivity contribution in [2.24, 2.45) is 7.05 Å². The number of likely N-dealkylation sites (N-methyl/N-ethyl adjacent to an activating group) is 1. The molecule has 1 fully saturated rings. The summed E-state index contributed by atoms with van der Waals surface area (Å²) in [5.41, 5.74) is 1.18. The second kappa shape index (κ2) is 7.09. The van der Waals surface area contributed by atoms with Crippen molar-refractivity contribution in [1.82, 2.24) is 24.1 Å². The molecule has 1 aliphatic rings. The summed E-state index contributed by atoms with van der Waals surface area (Å²) >= 11 is 0. The molecular formula is C17H26N6O. The Balaban J connectivity index is 1.63. The number of aromatic nitrogens is 3. The molecule has 3 rings (SSSR count). The standard InChI is InChI=1S/C17H26N6O/c1-20(2)12-13-22-11-8-16(19-22)18-17(24)23-10-5-7-15(23)14-6-4-9-21(14)3/h4,6,8-9,11,15H,5,7,10,12-13H2,1-3H3,(H,18,19,24)/t15-/m1/s1. The van der Waals surface area contributed by atoms with Gasteiger partial charge in [0, 0.05) is 44.3 Å². The molecule has 1 N–H and O–H groups in total. The van der Waals surface area contributed by atoms with Crippen LogP contribution in [0.15, 0.2) is 30.6 Å². The van der Waals surface area contributed by atoms with Crippen LogP contribution in [0.2, 0.25) is 0 Å². The van der Waals surface area contributed by atoms with Gasteiger partial charge < -0.3 is 14.4 Å². The van der Waals surface area contributed by atoms with Crippen LogP contribution in [-0.4, -0.2) is 57.4 Å². The van der Waals surface area contributed by atoms with Crippen molar-refractivity contribution in [2.45, 2.75) is 25.4 Å². The van der Waals surface area contributed by atoms with Crippen molar-refractivity contribution in [2.75, 3.05) is 32.5 Å². The normalized spacial score (nSPS) is 17.7. The van der Waals surface area contributed by atoms with Crippen LogP contribution in [0.5, 0.6) is 0 Å². The number of urea groups is 1. The van der Waals surface area contributed by atoms with Gasteiger partial charge in [-0.25, -0.2) is 4.79 Å². The molecule has 24 heavy (non-hydrogen) atoms. The van der Waals surface area contributed by atoms with Gasteiger partial charge >= 0.3 is 6.03 Å². The Hall–Kier alpha value is -2.28. The maximum atomic E-state index is 12.7. The van der Waals surface area contributed by atoms with Gasteiger partial charge in [0.2, 0.25) is 0 Å². The lowest BCUT2D eigenvalue weighted by molar-refractivity contribution is 0.205. The van der Waals surface area contributed by atoms with Crippen LogP contribution in [-0.2, 0) is 13.6 Å². The van der Waals surface area contributed by atoms with Gasteiger partial charge in [-0.2, -0.15) is 5.10 Å². The topological polar surface area (TPSA) is 58.3 Å². The van der Waals surface area contributed by atoms with Gasteiger partial charge in [-0.15, -0.1) is 0 Å². The molecular weight excluding hydrogens is 304 g/mol. The summed E-state index contributed by atoms with van der Waals surface area (Å²) in [7, 11) is 6.09. The lowest BCUT2D eigenvalue weighted by Crippen LogP contribution is -2.35. The number of hydrogen-bond donors (Lipinski definition) is 1. The molecule has 7 heteroatoms. The van der Waals surface area contributed by atoms with Crippen LogP contribution in [0.1, 0.15) is 24.6 Å². The second-order valence-electron chi connectivity index (χ2n) is 6.59. The molecule has 0 radical (unpaired) electrons. The van der Waals surface area contributed by atoms with Crippen LogP contribution < -0.4 is 5.32 Å². The predicted octanol–water partition coefficient (Wildman–Crippen LogP) is 2.15. The minimum absolute atomic E-state index is 0.0726. The van der Waals surface area contributed by atoms with Gasteiger partial charge in [-0.3, -0.25) is 10.00 Å². The summed E-state index contributed by atoms with van der Waals surface area (Å²) in [4.78, 5) is 16.7. The van der Waals surface area contributed by atoms with Gasteiger partial charge in [0.1, 0.15) is 0 Å². The van der Waals surface area contributed by atoms with E-state index in [9.17, 15) is 4.79 Å². The number of anilines is 1. The van der Waals surface area contributed by atoms with Crippen LogP contribution >= 0.6 is 0 Å². The second-order valence-corrected chi connectivity index (χ2v) is 6.59. The summed E-state index contributed by atoms with van der Waals surface area (Å²) in [5.74, 6) is 0.608. The molecule has 1 atom stereocenters. The first-order valence-electron chi connectivity index (χ1n) is 8.41. The first kappa shape index (κ1) is 16.6. The fourth-order valence-electron chi connectivity index (χ4n) is 3.17. The zero-order valence-corrected chi connectivity index (χ0v) is 14.6. The van der Waals surface area contributed by atoms with Gasteiger partial charge in [0.05, 0.1) is 12.6 Å². The maximum Gasteiger partial charge on any atom is 0.323 e. The van der Waals surface area contributed by atoms with Crippen LogP contribution in [0.3, 0.4) is 0 Å². The number of nitrogens with one attached hydrogen (secondary N) is 1. The molecule has 130 valence electrons. The summed E-state index contributed by atoms with van der Waals surface area (Å²) in [6, 6.07) is 6.03. The van der Waals surface area contributed by atoms with Crippen molar-refractivity contribution < 1.29 is 4.79 Å². The lowest BCUT2D eigenvalue weighted by Gasteiger charge is -2.25. The molecule has 0 spiro atoms. The van der Waals surface area contributed by atoms with Crippen molar-refractivity contribution in [3.05, 3.63) is 36.3 Å². The molecule has 2 aromatic rings. The summed E-state index contributed by atoms with van der Waals surface area (Å²) in [5, 5.41) is 7.36.